The topological polar surface area (TPSA) is 0 Å². The van der Waals surface area contributed by atoms with Gasteiger partial charge in [-0.3, -0.25) is 0 Å². The molecule has 1 heteroatoms. The lowest BCUT2D eigenvalue weighted by Gasteiger charge is -2.18. The molecule has 0 bridgehead atoms. The Kier molecular flexibility index (Phi) is 7.06. The molecule has 0 spiro atoms. The van der Waals surface area contributed by atoms with E-state index in [4.69, 9.17) is 0 Å². The summed E-state index contributed by atoms with van der Waals surface area (Å²) in [6.45, 7) is 11.4. The lowest BCUT2D eigenvalue weighted by atomic mass is 9.88. The molecule has 0 aromatic carbocycles. The molecule has 0 nitrogen and oxygen atoms in total. The Morgan fingerprint density at radius 1 is 0.667 bits per heavy atom. The molecular weight excluding hydrogens is 127 g/mol. The van der Waals surface area contributed by atoms with Crippen LogP contribution >= 0.6 is 9.90 Å². The zero-order valence-corrected chi connectivity index (χ0v) is 8.85. The second kappa shape index (κ2) is 5.23. The number of hydrogen-bond acceptors (Lipinski definition) is 0. The van der Waals surface area contributed by atoms with Crippen molar-refractivity contribution in [3.8, 4) is 0 Å². The zero-order chi connectivity index (χ0) is 6.73. The van der Waals surface area contributed by atoms with Crippen LogP contribution in [-0.2, 0) is 0 Å². The third kappa shape index (κ3) is 4.90. The fraction of sp³-hybridized carbons (Fsp3) is 1.00. The van der Waals surface area contributed by atoms with Gasteiger partial charge in [-0.2, -0.15) is 9.90 Å². The summed E-state index contributed by atoms with van der Waals surface area (Å²) in [5, 5.41) is 0. The Bertz CT molecular complexity index is 49.6. The van der Waals surface area contributed by atoms with E-state index in [9.17, 15) is 0 Å². The molecule has 0 aliphatic heterocycles. The highest BCUT2D eigenvalue weighted by atomic mass is 31.0. The highest BCUT2D eigenvalue weighted by molar-refractivity contribution is 6.92. The number of rotatable bonds is 2. The fourth-order valence-electron chi connectivity index (χ4n) is 0.770. The van der Waals surface area contributed by atoms with Crippen LogP contribution in [0.25, 0.3) is 0 Å². The maximum absolute atomic E-state index is 2.31. The normalized spacial score (nSPS) is 10.7. The van der Waals surface area contributed by atoms with Crippen molar-refractivity contribution >= 4 is 9.90 Å². The van der Waals surface area contributed by atoms with Crippen LogP contribution in [0.3, 0.4) is 0 Å². The minimum absolute atomic E-state index is 0. The summed E-state index contributed by atoms with van der Waals surface area (Å²) in [5.74, 6) is 2.56. The average Bonchev–Trinajstić information content (AvgIpc) is 1.64. The summed E-state index contributed by atoms with van der Waals surface area (Å²) in [4.78, 5) is 0. The van der Waals surface area contributed by atoms with E-state index >= 15 is 0 Å². The second-order valence-corrected chi connectivity index (χ2v) is 3.35. The smallest absolute Gasteiger partial charge is 0.0396 e. The second-order valence-electron chi connectivity index (χ2n) is 3.35. The van der Waals surface area contributed by atoms with Gasteiger partial charge in [0.1, 0.15) is 0 Å². The van der Waals surface area contributed by atoms with Crippen LogP contribution in [-0.4, -0.2) is 0 Å². The Morgan fingerprint density at radius 2 is 0.889 bits per heavy atom. The molecule has 0 aromatic rings. The van der Waals surface area contributed by atoms with E-state index in [1.807, 2.05) is 0 Å². The summed E-state index contributed by atoms with van der Waals surface area (Å²) in [6, 6.07) is 0. The fourth-order valence-corrected chi connectivity index (χ4v) is 0.770. The Morgan fingerprint density at radius 3 is 0.889 bits per heavy atom. The van der Waals surface area contributed by atoms with Gasteiger partial charge in [-0.1, -0.05) is 34.6 Å². The molecule has 0 aliphatic carbocycles. The van der Waals surface area contributed by atoms with Gasteiger partial charge in [0.25, 0.3) is 0 Å². The maximum Gasteiger partial charge on any atom is -0.0396 e. The molecule has 0 saturated heterocycles. The molecule has 0 saturated carbocycles. The van der Waals surface area contributed by atoms with Crippen molar-refractivity contribution < 1.29 is 0 Å². The van der Waals surface area contributed by atoms with Gasteiger partial charge in [0, 0.05) is 0 Å². The van der Waals surface area contributed by atoms with Crippen LogP contribution in [0, 0.1) is 17.8 Å². The third-order valence-electron chi connectivity index (χ3n) is 2.10. The third-order valence-corrected chi connectivity index (χ3v) is 2.10. The van der Waals surface area contributed by atoms with Gasteiger partial charge in [0.15, 0.2) is 0 Å². The van der Waals surface area contributed by atoms with Crippen LogP contribution in [0.15, 0.2) is 0 Å². The van der Waals surface area contributed by atoms with Gasteiger partial charge >= 0.3 is 0 Å². The molecule has 1 unspecified atom stereocenters. The van der Waals surface area contributed by atoms with Gasteiger partial charge < -0.3 is 0 Å². The van der Waals surface area contributed by atoms with Crippen molar-refractivity contribution in [1.82, 2.24) is 0 Å². The highest BCUT2D eigenvalue weighted by Gasteiger charge is 2.09. The maximum atomic E-state index is 2.31. The van der Waals surface area contributed by atoms with Gasteiger partial charge in [0.2, 0.25) is 0 Å². The molecule has 9 heavy (non-hydrogen) atoms. The van der Waals surface area contributed by atoms with Crippen molar-refractivity contribution in [1.29, 1.82) is 0 Å². The van der Waals surface area contributed by atoms with E-state index < -0.39 is 0 Å². The Hall–Kier alpha value is 0.430. The molecule has 58 valence electrons. The summed E-state index contributed by atoms with van der Waals surface area (Å²) >= 11 is 0. The predicted molar refractivity (Wildman–Crippen MR) is 49.9 cm³/mol. The van der Waals surface area contributed by atoms with E-state index in [1.165, 1.54) is 0 Å². The SMILES string of the molecule is CC(C)C(C)C(C)C.P. The molecular formula is C8H21P. The van der Waals surface area contributed by atoms with Crippen LogP contribution in [0.1, 0.15) is 34.6 Å². The molecule has 0 heterocycles. The zero-order valence-electron chi connectivity index (χ0n) is 7.44. The van der Waals surface area contributed by atoms with Crippen molar-refractivity contribution in [2.24, 2.45) is 17.8 Å². The van der Waals surface area contributed by atoms with Crippen molar-refractivity contribution in [3.05, 3.63) is 0 Å². The minimum Gasteiger partial charge on any atom is -0.153 e. The summed E-state index contributed by atoms with van der Waals surface area (Å²) in [6.07, 6.45) is 0. The van der Waals surface area contributed by atoms with Crippen LogP contribution in [0.2, 0.25) is 0 Å². The quantitative estimate of drug-likeness (QED) is 0.528. The van der Waals surface area contributed by atoms with Crippen LogP contribution in [0.5, 0.6) is 0 Å². The monoisotopic (exact) mass is 148 g/mol. The largest absolute Gasteiger partial charge is 0.153 e. The van der Waals surface area contributed by atoms with Gasteiger partial charge in [-0.25, -0.2) is 0 Å². The van der Waals surface area contributed by atoms with Crippen LogP contribution < -0.4 is 0 Å². The first-order chi connectivity index (χ1) is 3.55. The van der Waals surface area contributed by atoms with E-state index in [0.717, 1.165) is 17.8 Å². The van der Waals surface area contributed by atoms with E-state index in [0.29, 0.717) is 0 Å². The number of hydrogen-bond donors (Lipinski definition) is 0. The standard InChI is InChI=1S/C8H18.H3P/c1-6(2)8(5)7(3)4;/h6-8H,1-5H3;1H3. The van der Waals surface area contributed by atoms with Gasteiger partial charge in [-0.05, 0) is 17.8 Å². The lowest BCUT2D eigenvalue weighted by molar-refractivity contribution is 0.316. The molecule has 0 amide bonds. The summed E-state index contributed by atoms with van der Waals surface area (Å²) in [7, 11) is 0. The van der Waals surface area contributed by atoms with E-state index in [-0.39, 0.29) is 9.90 Å². The van der Waals surface area contributed by atoms with Crippen LogP contribution in [0.4, 0.5) is 0 Å². The molecule has 0 fully saturated rings. The Labute approximate surface area is 63.0 Å². The lowest BCUT2D eigenvalue weighted by Crippen LogP contribution is -2.10. The molecule has 0 rings (SSSR count). The molecule has 1 atom stereocenters. The molecule has 0 radical (unpaired) electrons. The van der Waals surface area contributed by atoms with E-state index in [2.05, 4.69) is 34.6 Å². The van der Waals surface area contributed by atoms with Gasteiger partial charge in [0.05, 0.1) is 0 Å². The van der Waals surface area contributed by atoms with Crippen molar-refractivity contribution in [2.75, 3.05) is 0 Å². The first-order valence-corrected chi connectivity index (χ1v) is 3.55. The predicted octanol–water partition coefficient (Wildman–Crippen LogP) is 2.99. The van der Waals surface area contributed by atoms with Gasteiger partial charge in [-0.15, -0.1) is 0 Å². The average molecular weight is 148 g/mol. The summed E-state index contributed by atoms with van der Waals surface area (Å²) in [5.41, 5.74) is 0. The first-order valence-electron chi connectivity index (χ1n) is 3.55. The highest BCUT2D eigenvalue weighted by Crippen LogP contribution is 2.18. The first kappa shape index (κ1) is 12.1. The van der Waals surface area contributed by atoms with Crippen molar-refractivity contribution in [3.63, 3.8) is 0 Å². The molecule has 0 N–H and O–H groups in total. The molecule has 0 aliphatic rings. The minimum atomic E-state index is 0. The Balaban J connectivity index is 0. The molecule has 0 aromatic heterocycles. The van der Waals surface area contributed by atoms with Crippen molar-refractivity contribution in [2.45, 2.75) is 34.6 Å². The summed E-state index contributed by atoms with van der Waals surface area (Å²) < 4.78 is 0. The van der Waals surface area contributed by atoms with E-state index in [1.54, 1.807) is 0 Å².